The second-order valence-corrected chi connectivity index (χ2v) is 4.76. The highest BCUT2D eigenvalue weighted by Crippen LogP contribution is 2.32. The van der Waals surface area contributed by atoms with Gasteiger partial charge in [-0.3, -0.25) is 14.4 Å². The SMILES string of the molecule is CCCNC(=O)COC(=O)CNC(=O)c1ccc2c(c1)OCO2. The third-order valence-corrected chi connectivity index (χ3v) is 2.96. The van der Waals surface area contributed by atoms with E-state index in [1.807, 2.05) is 6.92 Å². The van der Waals surface area contributed by atoms with Crippen LogP contribution in [0.3, 0.4) is 0 Å². The van der Waals surface area contributed by atoms with Crippen molar-refractivity contribution in [2.45, 2.75) is 13.3 Å². The molecule has 1 aromatic carbocycles. The Morgan fingerprint density at radius 1 is 1.17 bits per heavy atom. The van der Waals surface area contributed by atoms with Crippen molar-refractivity contribution >= 4 is 17.8 Å². The van der Waals surface area contributed by atoms with Crippen LogP contribution in [0.15, 0.2) is 18.2 Å². The molecular weight excluding hydrogens is 304 g/mol. The second kappa shape index (κ2) is 8.02. The van der Waals surface area contributed by atoms with Crippen LogP contribution in [0.1, 0.15) is 23.7 Å². The lowest BCUT2D eigenvalue weighted by Gasteiger charge is -2.07. The van der Waals surface area contributed by atoms with Crippen LogP contribution in [0.25, 0.3) is 0 Å². The smallest absolute Gasteiger partial charge is 0.325 e. The second-order valence-electron chi connectivity index (χ2n) is 4.76. The zero-order chi connectivity index (χ0) is 16.7. The number of hydrogen-bond donors (Lipinski definition) is 2. The van der Waals surface area contributed by atoms with Crippen LogP contribution < -0.4 is 20.1 Å². The first-order chi connectivity index (χ1) is 11.1. The minimum atomic E-state index is -0.689. The average Bonchev–Trinajstić information content (AvgIpc) is 3.03. The molecule has 0 aromatic heterocycles. The number of esters is 1. The molecule has 0 radical (unpaired) electrons. The largest absolute Gasteiger partial charge is 0.454 e. The number of hydrogen-bond acceptors (Lipinski definition) is 6. The van der Waals surface area contributed by atoms with Crippen LogP contribution in [-0.4, -0.2) is 44.3 Å². The maximum absolute atomic E-state index is 11.9. The summed E-state index contributed by atoms with van der Waals surface area (Å²) in [6, 6.07) is 4.71. The topological polar surface area (TPSA) is 103 Å². The Labute approximate surface area is 133 Å². The van der Waals surface area contributed by atoms with Crippen molar-refractivity contribution < 1.29 is 28.6 Å². The zero-order valence-corrected chi connectivity index (χ0v) is 12.7. The van der Waals surface area contributed by atoms with Gasteiger partial charge in [0.15, 0.2) is 18.1 Å². The number of carbonyl (C=O) groups excluding carboxylic acids is 3. The molecule has 2 amide bonds. The summed E-state index contributed by atoms with van der Waals surface area (Å²) in [5.74, 6) is -0.462. The maximum Gasteiger partial charge on any atom is 0.325 e. The molecular formula is C15H18N2O6. The fourth-order valence-corrected chi connectivity index (χ4v) is 1.80. The maximum atomic E-state index is 11.9. The highest BCUT2D eigenvalue weighted by atomic mass is 16.7. The molecule has 23 heavy (non-hydrogen) atoms. The van der Waals surface area contributed by atoms with Crippen LogP contribution in [0, 0.1) is 0 Å². The lowest BCUT2D eigenvalue weighted by Crippen LogP contribution is -2.34. The monoisotopic (exact) mass is 322 g/mol. The van der Waals surface area contributed by atoms with Crippen molar-refractivity contribution in [1.82, 2.24) is 10.6 Å². The normalized spacial score (nSPS) is 11.7. The molecule has 2 N–H and O–H groups in total. The summed E-state index contributed by atoms with van der Waals surface area (Å²) in [4.78, 5) is 34.7. The number of carbonyl (C=O) groups is 3. The van der Waals surface area contributed by atoms with Gasteiger partial charge in [0.1, 0.15) is 6.54 Å². The van der Waals surface area contributed by atoms with E-state index in [2.05, 4.69) is 10.6 Å². The van der Waals surface area contributed by atoms with Gasteiger partial charge < -0.3 is 24.8 Å². The first-order valence-corrected chi connectivity index (χ1v) is 7.20. The Balaban J connectivity index is 1.73. The summed E-state index contributed by atoms with van der Waals surface area (Å²) >= 11 is 0. The minimum Gasteiger partial charge on any atom is -0.454 e. The highest BCUT2D eigenvalue weighted by Gasteiger charge is 2.17. The van der Waals surface area contributed by atoms with Crippen molar-refractivity contribution in [3.05, 3.63) is 23.8 Å². The van der Waals surface area contributed by atoms with Crippen LogP contribution >= 0.6 is 0 Å². The lowest BCUT2D eigenvalue weighted by atomic mass is 10.2. The number of nitrogens with one attached hydrogen (secondary N) is 2. The van der Waals surface area contributed by atoms with Gasteiger partial charge in [0.25, 0.3) is 11.8 Å². The number of benzene rings is 1. The Morgan fingerprint density at radius 3 is 2.74 bits per heavy atom. The average molecular weight is 322 g/mol. The first kappa shape index (κ1) is 16.6. The number of amides is 2. The third-order valence-electron chi connectivity index (χ3n) is 2.96. The minimum absolute atomic E-state index is 0.118. The molecule has 1 heterocycles. The summed E-state index contributed by atoms with van der Waals surface area (Å²) in [7, 11) is 0. The van der Waals surface area contributed by atoms with Gasteiger partial charge in [-0.25, -0.2) is 0 Å². The fraction of sp³-hybridized carbons (Fsp3) is 0.400. The van der Waals surface area contributed by atoms with Crippen LogP contribution in [0.4, 0.5) is 0 Å². The third kappa shape index (κ3) is 4.87. The van der Waals surface area contributed by atoms with E-state index >= 15 is 0 Å². The van der Waals surface area contributed by atoms with Crippen molar-refractivity contribution in [2.75, 3.05) is 26.5 Å². The van der Waals surface area contributed by atoms with Gasteiger partial charge in [-0.05, 0) is 24.6 Å². The number of rotatable bonds is 7. The van der Waals surface area contributed by atoms with Gasteiger partial charge in [0, 0.05) is 12.1 Å². The molecule has 0 saturated carbocycles. The molecule has 1 aromatic rings. The van der Waals surface area contributed by atoms with E-state index in [-0.39, 0.29) is 25.9 Å². The van der Waals surface area contributed by atoms with E-state index in [4.69, 9.17) is 14.2 Å². The van der Waals surface area contributed by atoms with E-state index in [9.17, 15) is 14.4 Å². The van der Waals surface area contributed by atoms with E-state index in [0.29, 0.717) is 23.6 Å². The van der Waals surface area contributed by atoms with Gasteiger partial charge in [-0.2, -0.15) is 0 Å². The van der Waals surface area contributed by atoms with E-state index in [1.165, 1.54) is 6.07 Å². The molecule has 0 atom stereocenters. The molecule has 1 aliphatic heterocycles. The predicted molar refractivity (Wildman–Crippen MR) is 79.2 cm³/mol. The number of fused-ring (bicyclic) bond motifs is 1. The summed E-state index contributed by atoms with van der Waals surface area (Å²) in [6.45, 7) is 1.87. The predicted octanol–water partition coefficient (Wildman–Crippen LogP) is 0.214. The quantitative estimate of drug-likeness (QED) is 0.696. The van der Waals surface area contributed by atoms with Crippen LogP contribution in [0.2, 0.25) is 0 Å². The molecule has 0 unspecified atom stereocenters. The first-order valence-electron chi connectivity index (χ1n) is 7.20. The zero-order valence-electron chi connectivity index (χ0n) is 12.7. The Kier molecular flexibility index (Phi) is 5.79. The molecule has 2 rings (SSSR count). The molecule has 0 aliphatic carbocycles. The number of ether oxygens (including phenoxy) is 3. The highest BCUT2D eigenvalue weighted by molar-refractivity contribution is 5.96. The Bertz CT molecular complexity index is 602. The van der Waals surface area contributed by atoms with E-state index in [1.54, 1.807) is 12.1 Å². The summed E-state index contributed by atoms with van der Waals surface area (Å²) < 4.78 is 15.1. The van der Waals surface area contributed by atoms with Gasteiger partial charge in [-0.15, -0.1) is 0 Å². The van der Waals surface area contributed by atoms with Crippen LogP contribution in [-0.2, 0) is 14.3 Å². The van der Waals surface area contributed by atoms with Crippen LogP contribution in [0.5, 0.6) is 11.5 Å². The van der Waals surface area contributed by atoms with Crippen molar-refractivity contribution in [3.63, 3.8) is 0 Å². The molecule has 0 spiro atoms. The van der Waals surface area contributed by atoms with Crippen molar-refractivity contribution in [2.24, 2.45) is 0 Å². The molecule has 8 heteroatoms. The van der Waals surface area contributed by atoms with Crippen molar-refractivity contribution in [3.8, 4) is 11.5 Å². The Morgan fingerprint density at radius 2 is 1.96 bits per heavy atom. The van der Waals surface area contributed by atoms with Gasteiger partial charge in [-0.1, -0.05) is 6.92 Å². The van der Waals surface area contributed by atoms with E-state index < -0.39 is 11.9 Å². The molecule has 1 aliphatic rings. The Hall–Kier alpha value is -2.77. The molecule has 124 valence electrons. The van der Waals surface area contributed by atoms with Gasteiger partial charge >= 0.3 is 5.97 Å². The summed E-state index contributed by atoms with van der Waals surface area (Å²) in [5.41, 5.74) is 0.336. The van der Waals surface area contributed by atoms with Crippen molar-refractivity contribution in [1.29, 1.82) is 0 Å². The standard InChI is InChI=1S/C15H18N2O6/c1-2-5-16-13(18)8-21-14(19)7-17-15(20)10-3-4-11-12(6-10)23-9-22-11/h3-4,6H,2,5,7-9H2,1H3,(H,16,18)(H,17,20). The fourth-order valence-electron chi connectivity index (χ4n) is 1.80. The van der Waals surface area contributed by atoms with E-state index in [0.717, 1.165) is 6.42 Å². The van der Waals surface area contributed by atoms with Gasteiger partial charge in [0.2, 0.25) is 6.79 Å². The van der Waals surface area contributed by atoms with Gasteiger partial charge in [0.05, 0.1) is 0 Å². The lowest BCUT2D eigenvalue weighted by molar-refractivity contribution is -0.147. The molecule has 0 fully saturated rings. The molecule has 0 bridgehead atoms. The molecule has 0 saturated heterocycles. The summed E-state index contributed by atoms with van der Waals surface area (Å²) in [5, 5.41) is 4.99. The summed E-state index contributed by atoms with van der Waals surface area (Å²) in [6.07, 6.45) is 0.797. The molecule has 8 nitrogen and oxygen atoms in total.